The summed E-state index contributed by atoms with van der Waals surface area (Å²) in [6, 6.07) is 12.7. The van der Waals surface area contributed by atoms with Crippen molar-refractivity contribution in [2.24, 2.45) is 0 Å². The first-order chi connectivity index (χ1) is 6.29. The molecular formula is C11H9MnNaO2. The number of carboxylic acid groups (broad SMARTS) is 1. The van der Waals surface area contributed by atoms with E-state index in [2.05, 4.69) is 0 Å². The van der Waals surface area contributed by atoms with Gasteiger partial charge in [-0.25, -0.2) is 4.79 Å². The van der Waals surface area contributed by atoms with Crippen LogP contribution in [-0.2, 0) is 17.1 Å². The Labute approximate surface area is 120 Å². The Hall–Kier alpha value is -0.311. The van der Waals surface area contributed by atoms with Crippen LogP contribution in [0.1, 0.15) is 10.4 Å². The Balaban J connectivity index is 0.000000980. The minimum absolute atomic E-state index is 0. The Morgan fingerprint density at radius 1 is 1.00 bits per heavy atom. The van der Waals surface area contributed by atoms with Gasteiger partial charge in [-0.1, -0.05) is 36.4 Å². The molecule has 15 heavy (non-hydrogen) atoms. The van der Waals surface area contributed by atoms with Gasteiger partial charge in [0.05, 0.1) is 5.56 Å². The summed E-state index contributed by atoms with van der Waals surface area (Å²) < 4.78 is 0. The molecule has 2 nitrogen and oxygen atoms in total. The Morgan fingerprint density at radius 3 is 2.27 bits per heavy atom. The van der Waals surface area contributed by atoms with E-state index in [0.29, 0.717) is 5.56 Å². The van der Waals surface area contributed by atoms with Crippen molar-refractivity contribution in [2.45, 2.75) is 0 Å². The molecule has 0 aliphatic heterocycles. The first-order valence-electron chi connectivity index (χ1n) is 4.00. The van der Waals surface area contributed by atoms with Crippen molar-refractivity contribution in [1.29, 1.82) is 0 Å². The van der Waals surface area contributed by atoms with Crippen LogP contribution in [0, 0.1) is 0 Å². The Kier molecular flexibility index (Phi) is 6.18. The zero-order valence-corrected chi connectivity index (χ0v) is 8.46. The average Bonchev–Trinajstić information content (AvgIpc) is 2.17. The predicted octanol–water partition coefficient (Wildman–Crippen LogP) is 1.89. The van der Waals surface area contributed by atoms with Gasteiger partial charge in [0.1, 0.15) is 0 Å². The summed E-state index contributed by atoms with van der Waals surface area (Å²) in [5.74, 6) is -0.878. The number of carbonyl (C=O) groups is 1. The van der Waals surface area contributed by atoms with Gasteiger partial charge in [0, 0.05) is 17.1 Å². The molecule has 0 amide bonds. The van der Waals surface area contributed by atoms with Gasteiger partial charge in [0.2, 0.25) is 0 Å². The quantitative estimate of drug-likeness (QED) is 0.786. The van der Waals surface area contributed by atoms with E-state index >= 15 is 0 Å². The van der Waals surface area contributed by atoms with Crippen molar-refractivity contribution >= 4 is 46.3 Å². The topological polar surface area (TPSA) is 37.3 Å². The van der Waals surface area contributed by atoms with Crippen molar-refractivity contribution < 1.29 is 27.0 Å². The van der Waals surface area contributed by atoms with E-state index in [1.807, 2.05) is 30.3 Å². The Morgan fingerprint density at radius 2 is 1.60 bits per heavy atom. The van der Waals surface area contributed by atoms with E-state index in [9.17, 15) is 4.79 Å². The van der Waals surface area contributed by atoms with E-state index in [1.54, 1.807) is 12.1 Å². The van der Waals surface area contributed by atoms with Gasteiger partial charge in [-0.2, -0.15) is 0 Å². The van der Waals surface area contributed by atoms with Crippen LogP contribution >= 0.6 is 0 Å². The molecule has 73 valence electrons. The van der Waals surface area contributed by atoms with E-state index in [4.69, 9.17) is 5.11 Å². The van der Waals surface area contributed by atoms with Crippen LogP contribution in [0.5, 0.6) is 0 Å². The first kappa shape index (κ1) is 14.7. The van der Waals surface area contributed by atoms with E-state index in [0.717, 1.165) is 10.8 Å². The van der Waals surface area contributed by atoms with Crippen LogP contribution in [0.25, 0.3) is 10.8 Å². The second-order valence-electron chi connectivity index (χ2n) is 2.83. The maximum absolute atomic E-state index is 10.8. The first-order valence-corrected chi connectivity index (χ1v) is 4.00. The molecule has 0 unspecified atom stereocenters. The zero-order valence-electron chi connectivity index (χ0n) is 7.27. The van der Waals surface area contributed by atoms with Gasteiger partial charge >= 0.3 is 35.5 Å². The van der Waals surface area contributed by atoms with E-state index < -0.39 is 5.97 Å². The summed E-state index contributed by atoms with van der Waals surface area (Å²) in [7, 11) is 0. The van der Waals surface area contributed by atoms with Crippen LogP contribution in [0.15, 0.2) is 42.5 Å². The molecule has 2 rings (SSSR count). The number of fused-ring (bicyclic) bond motifs is 1. The van der Waals surface area contributed by atoms with Gasteiger partial charge < -0.3 is 5.11 Å². The van der Waals surface area contributed by atoms with Crippen LogP contribution < -0.4 is 0 Å². The van der Waals surface area contributed by atoms with Crippen molar-refractivity contribution in [3.05, 3.63) is 48.0 Å². The third kappa shape index (κ3) is 3.07. The minimum atomic E-state index is -0.878. The third-order valence-corrected chi connectivity index (χ3v) is 2.02. The molecule has 0 heterocycles. The van der Waals surface area contributed by atoms with Crippen molar-refractivity contribution in [2.75, 3.05) is 0 Å². The predicted molar refractivity (Wildman–Crippen MR) is 58.1 cm³/mol. The Bertz CT molecular complexity index is 466. The maximum atomic E-state index is 10.8. The van der Waals surface area contributed by atoms with Gasteiger partial charge in [0.25, 0.3) is 0 Å². The van der Waals surface area contributed by atoms with Crippen molar-refractivity contribution in [1.82, 2.24) is 0 Å². The third-order valence-electron chi connectivity index (χ3n) is 2.02. The van der Waals surface area contributed by atoms with Gasteiger partial charge in [0.15, 0.2) is 0 Å². The van der Waals surface area contributed by atoms with Crippen LogP contribution in [-0.4, -0.2) is 40.6 Å². The summed E-state index contributed by atoms with van der Waals surface area (Å²) in [6.45, 7) is 0. The number of benzene rings is 2. The molecule has 0 saturated carbocycles. The molecule has 0 atom stereocenters. The molecule has 0 bridgehead atoms. The molecule has 1 N–H and O–H groups in total. The standard InChI is InChI=1S/C11H8O2.Mn.Na.H/c12-11(13)10-7-3-5-8-4-1-2-6-9(8)10;;;/h1-7H,(H,12,13);;;. The van der Waals surface area contributed by atoms with Crippen LogP contribution in [0.4, 0.5) is 0 Å². The molecule has 4 heteroatoms. The summed E-state index contributed by atoms with van der Waals surface area (Å²) in [4.78, 5) is 10.8. The molecule has 0 aromatic heterocycles. The normalized spacial score (nSPS) is 8.80. The molecule has 0 aliphatic rings. The monoisotopic (exact) mass is 251 g/mol. The zero-order chi connectivity index (χ0) is 9.26. The molecule has 2 aromatic rings. The van der Waals surface area contributed by atoms with Crippen LogP contribution in [0.2, 0.25) is 0 Å². The number of rotatable bonds is 1. The summed E-state index contributed by atoms with van der Waals surface area (Å²) in [5.41, 5.74) is 0.359. The van der Waals surface area contributed by atoms with E-state index in [-0.39, 0.29) is 46.6 Å². The van der Waals surface area contributed by atoms with Crippen molar-refractivity contribution in [3.8, 4) is 0 Å². The molecule has 2 aromatic carbocycles. The molecule has 0 aliphatic carbocycles. The molecular weight excluding hydrogens is 242 g/mol. The van der Waals surface area contributed by atoms with E-state index in [1.165, 1.54) is 0 Å². The van der Waals surface area contributed by atoms with Gasteiger partial charge in [-0.05, 0) is 16.8 Å². The summed E-state index contributed by atoms with van der Waals surface area (Å²) in [5, 5.41) is 10.6. The SMILES string of the molecule is O=C(O)c1cccc2ccccc12.[Mn].[NaH]. The molecule has 0 saturated heterocycles. The molecule has 1 radical (unpaired) electrons. The fraction of sp³-hybridized carbons (Fsp3) is 0. The fourth-order valence-corrected chi connectivity index (χ4v) is 1.41. The van der Waals surface area contributed by atoms with Crippen LogP contribution in [0.3, 0.4) is 0 Å². The molecule has 0 spiro atoms. The number of hydrogen-bond acceptors (Lipinski definition) is 1. The summed E-state index contributed by atoms with van der Waals surface area (Å²) in [6.07, 6.45) is 0. The van der Waals surface area contributed by atoms with Crippen molar-refractivity contribution in [3.63, 3.8) is 0 Å². The number of hydrogen-bond donors (Lipinski definition) is 1. The second-order valence-corrected chi connectivity index (χ2v) is 2.83. The second kappa shape index (κ2) is 6.31. The fourth-order valence-electron chi connectivity index (χ4n) is 1.41. The summed E-state index contributed by atoms with van der Waals surface area (Å²) >= 11 is 0. The average molecular weight is 251 g/mol. The van der Waals surface area contributed by atoms with Gasteiger partial charge in [-0.3, -0.25) is 0 Å². The molecule has 0 fully saturated rings. The number of carboxylic acids is 1. The number of aromatic carboxylic acids is 1. The van der Waals surface area contributed by atoms with Gasteiger partial charge in [-0.15, -0.1) is 0 Å².